The molecule has 158 valence electrons. The van der Waals surface area contributed by atoms with Gasteiger partial charge in [-0.3, -0.25) is 14.6 Å². The van der Waals surface area contributed by atoms with Gasteiger partial charge in [0.2, 0.25) is 5.91 Å². The van der Waals surface area contributed by atoms with Crippen LogP contribution in [0.5, 0.6) is 0 Å². The molecule has 5 nitrogen and oxygen atoms in total. The van der Waals surface area contributed by atoms with Crippen molar-refractivity contribution in [1.29, 1.82) is 0 Å². The van der Waals surface area contributed by atoms with Gasteiger partial charge < -0.3 is 4.74 Å². The molecular formula is C22H23ClFN3O2S. The van der Waals surface area contributed by atoms with Crippen LogP contribution in [0.25, 0.3) is 10.2 Å². The molecule has 1 aliphatic heterocycles. The van der Waals surface area contributed by atoms with E-state index in [-0.39, 0.29) is 18.1 Å². The van der Waals surface area contributed by atoms with Crippen molar-refractivity contribution < 1.29 is 13.9 Å². The second-order valence-corrected chi connectivity index (χ2v) is 8.65. The Hall–Kier alpha value is -2.06. The molecule has 0 aliphatic carbocycles. The zero-order valence-corrected chi connectivity index (χ0v) is 18.1. The summed E-state index contributed by atoms with van der Waals surface area (Å²) >= 11 is 7.60. The molecule has 0 radical (unpaired) electrons. The number of amides is 1. The monoisotopic (exact) mass is 447 g/mol. The normalized spacial score (nSPS) is 14.9. The first-order valence-electron chi connectivity index (χ1n) is 10.00. The summed E-state index contributed by atoms with van der Waals surface area (Å²) in [6.07, 6.45) is 1.01. The van der Waals surface area contributed by atoms with Crippen LogP contribution in [-0.2, 0) is 16.0 Å². The predicted molar refractivity (Wildman–Crippen MR) is 119 cm³/mol. The Kier molecular flexibility index (Phi) is 6.94. The number of hydrogen-bond donors (Lipinski definition) is 0. The highest BCUT2D eigenvalue weighted by atomic mass is 35.5. The standard InChI is InChI=1S/C22H23ClFN3O2S/c23-18-5-2-1-4-16(18)14-21(28)27(9-3-8-26-10-12-29-13-11-26)22-25-19-7-6-17(24)15-20(19)30-22/h1-2,4-7,15H,3,8-14H2. The van der Waals surface area contributed by atoms with Gasteiger partial charge in [-0.15, -0.1) is 0 Å². The van der Waals surface area contributed by atoms with Gasteiger partial charge in [-0.05, 0) is 36.2 Å². The maximum Gasteiger partial charge on any atom is 0.233 e. The highest BCUT2D eigenvalue weighted by Crippen LogP contribution is 2.30. The molecule has 0 spiro atoms. The maximum absolute atomic E-state index is 13.6. The highest BCUT2D eigenvalue weighted by molar-refractivity contribution is 7.22. The number of carbonyl (C=O) groups is 1. The largest absolute Gasteiger partial charge is 0.379 e. The number of halogens is 2. The zero-order valence-electron chi connectivity index (χ0n) is 16.5. The number of carbonyl (C=O) groups excluding carboxylic acids is 1. The van der Waals surface area contributed by atoms with Crippen molar-refractivity contribution in [3.05, 3.63) is 58.9 Å². The minimum Gasteiger partial charge on any atom is -0.379 e. The number of nitrogens with zero attached hydrogens (tertiary/aromatic N) is 3. The fraction of sp³-hybridized carbons (Fsp3) is 0.364. The minimum absolute atomic E-state index is 0.0652. The number of rotatable bonds is 7. The molecule has 2 aromatic carbocycles. The number of hydrogen-bond acceptors (Lipinski definition) is 5. The summed E-state index contributed by atoms with van der Waals surface area (Å²) in [5.41, 5.74) is 1.48. The molecular weight excluding hydrogens is 425 g/mol. The van der Waals surface area contributed by atoms with Crippen molar-refractivity contribution in [2.45, 2.75) is 12.8 Å². The second-order valence-electron chi connectivity index (χ2n) is 7.23. The Balaban J connectivity index is 1.53. The highest BCUT2D eigenvalue weighted by Gasteiger charge is 2.21. The molecule has 0 saturated carbocycles. The van der Waals surface area contributed by atoms with Gasteiger partial charge in [-0.2, -0.15) is 0 Å². The molecule has 0 atom stereocenters. The summed E-state index contributed by atoms with van der Waals surface area (Å²) < 4.78 is 19.7. The Morgan fingerprint density at radius 1 is 1.23 bits per heavy atom. The Labute approximate surface area is 184 Å². The third kappa shape index (κ3) is 5.16. The predicted octanol–water partition coefficient (Wildman–Crippen LogP) is 4.39. The molecule has 30 heavy (non-hydrogen) atoms. The van der Waals surface area contributed by atoms with Gasteiger partial charge in [-0.1, -0.05) is 41.1 Å². The number of morpholine rings is 1. The molecule has 8 heteroatoms. The van der Waals surface area contributed by atoms with Crippen LogP contribution in [0.2, 0.25) is 5.02 Å². The Morgan fingerprint density at radius 2 is 2.03 bits per heavy atom. The number of thiazole rings is 1. The van der Waals surface area contributed by atoms with Crippen molar-refractivity contribution in [2.75, 3.05) is 44.3 Å². The van der Waals surface area contributed by atoms with Gasteiger partial charge in [0.15, 0.2) is 5.13 Å². The van der Waals surface area contributed by atoms with E-state index in [1.165, 1.54) is 23.5 Å². The quantitative estimate of drug-likeness (QED) is 0.539. The number of aromatic nitrogens is 1. The summed E-state index contributed by atoms with van der Waals surface area (Å²) in [7, 11) is 0. The van der Waals surface area contributed by atoms with Crippen LogP contribution in [0.4, 0.5) is 9.52 Å². The number of ether oxygens (including phenoxy) is 1. The number of anilines is 1. The number of fused-ring (bicyclic) bond motifs is 1. The molecule has 2 heterocycles. The van der Waals surface area contributed by atoms with E-state index >= 15 is 0 Å². The first kappa shape index (κ1) is 21.2. The van der Waals surface area contributed by atoms with E-state index in [1.807, 2.05) is 18.2 Å². The van der Waals surface area contributed by atoms with Crippen LogP contribution < -0.4 is 4.90 Å². The van der Waals surface area contributed by atoms with Gasteiger partial charge in [0.1, 0.15) is 5.82 Å². The van der Waals surface area contributed by atoms with Crippen molar-refractivity contribution >= 4 is 44.2 Å². The van der Waals surface area contributed by atoms with Crippen LogP contribution >= 0.6 is 22.9 Å². The summed E-state index contributed by atoms with van der Waals surface area (Å²) in [5, 5.41) is 1.17. The second kappa shape index (κ2) is 9.83. The minimum atomic E-state index is -0.307. The molecule has 3 aromatic rings. The van der Waals surface area contributed by atoms with Crippen molar-refractivity contribution in [3.63, 3.8) is 0 Å². The lowest BCUT2D eigenvalue weighted by Crippen LogP contribution is -2.39. The summed E-state index contributed by atoms with van der Waals surface area (Å²) in [4.78, 5) is 21.9. The van der Waals surface area contributed by atoms with Crippen LogP contribution in [0, 0.1) is 5.82 Å². The van der Waals surface area contributed by atoms with E-state index in [1.54, 1.807) is 17.0 Å². The third-order valence-electron chi connectivity index (χ3n) is 5.13. The average Bonchev–Trinajstić information content (AvgIpc) is 3.16. The third-order valence-corrected chi connectivity index (χ3v) is 6.54. The van der Waals surface area contributed by atoms with E-state index in [9.17, 15) is 9.18 Å². The SMILES string of the molecule is O=C(Cc1ccccc1Cl)N(CCCN1CCOCC1)c1nc2ccc(F)cc2s1. The molecule has 0 bridgehead atoms. The lowest BCUT2D eigenvalue weighted by Gasteiger charge is -2.27. The molecule has 1 saturated heterocycles. The smallest absolute Gasteiger partial charge is 0.233 e. The molecule has 1 fully saturated rings. The van der Waals surface area contributed by atoms with Crippen molar-refractivity contribution in [2.24, 2.45) is 0 Å². The van der Waals surface area contributed by atoms with Crippen molar-refractivity contribution in [1.82, 2.24) is 9.88 Å². The van der Waals surface area contributed by atoms with Crippen LogP contribution in [0.3, 0.4) is 0 Å². The molecule has 0 unspecified atom stereocenters. The zero-order chi connectivity index (χ0) is 20.9. The molecule has 1 aromatic heterocycles. The van der Waals surface area contributed by atoms with Gasteiger partial charge in [-0.25, -0.2) is 9.37 Å². The van der Waals surface area contributed by atoms with E-state index in [0.717, 1.165) is 49.5 Å². The van der Waals surface area contributed by atoms with Gasteiger partial charge in [0.05, 0.1) is 29.9 Å². The van der Waals surface area contributed by atoms with Gasteiger partial charge in [0, 0.05) is 31.2 Å². The van der Waals surface area contributed by atoms with E-state index < -0.39 is 0 Å². The van der Waals surface area contributed by atoms with Crippen LogP contribution in [-0.4, -0.2) is 55.2 Å². The van der Waals surface area contributed by atoms with Crippen LogP contribution in [0.15, 0.2) is 42.5 Å². The molecule has 1 aliphatic rings. The molecule has 0 N–H and O–H groups in total. The Bertz CT molecular complexity index is 1020. The topological polar surface area (TPSA) is 45.7 Å². The van der Waals surface area contributed by atoms with Crippen LogP contribution in [0.1, 0.15) is 12.0 Å². The lowest BCUT2D eigenvalue weighted by atomic mass is 10.1. The molecule has 1 amide bonds. The van der Waals surface area contributed by atoms with Gasteiger partial charge in [0.25, 0.3) is 0 Å². The fourth-order valence-corrected chi connectivity index (χ4v) is 4.74. The maximum atomic E-state index is 13.6. The first-order valence-corrected chi connectivity index (χ1v) is 11.2. The molecule has 4 rings (SSSR count). The van der Waals surface area contributed by atoms with Crippen molar-refractivity contribution in [3.8, 4) is 0 Å². The van der Waals surface area contributed by atoms with E-state index in [0.29, 0.717) is 22.2 Å². The lowest BCUT2D eigenvalue weighted by molar-refractivity contribution is -0.118. The van der Waals surface area contributed by atoms with E-state index in [4.69, 9.17) is 16.3 Å². The number of benzene rings is 2. The average molecular weight is 448 g/mol. The summed E-state index contributed by atoms with van der Waals surface area (Å²) in [6.45, 7) is 4.75. The summed E-state index contributed by atoms with van der Waals surface area (Å²) in [6, 6.07) is 11.9. The van der Waals surface area contributed by atoms with E-state index in [2.05, 4.69) is 9.88 Å². The first-order chi connectivity index (χ1) is 14.6. The Morgan fingerprint density at radius 3 is 2.83 bits per heavy atom. The fourth-order valence-electron chi connectivity index (χ4n) is 3.51. The summed E-state index contributed by atoms with van der Waals surface area (Å²) in [5.74, 6) is -0.372. The van der Waals surface area contributed by atoms with Gasteiger partial charge >= 0.3 is 0 Å².